The highest BCUT2D eigenvalue weighted by Gasteiger charge is 2.06. The number of rotatable bonds is 6. The Balaban J connectivity index is 1.85. The molecular weight excluding hydrogens is 283 g/mol. The lowest BCUT2D eigenvalue weighted by atomic mass is 10.3. The molecule has 22 heavy (non-hydrogen) atoms. The highest BCUT2D eigenvalue weighted by molar-refractivity contribution is 5.93. The molecule has 5 heteroatoms. The molecule has 0 aliphatic rings. The van der Waals surface area contributed by atoms with Gasteiger partial charge in [0, 0.05) is 5.69 Å². The van der Waals surface area contributed by atoms with Crippen molar-refractivity contribution in [2.75, 3.05) is 17.2 Å². The lowest BCUT2D eigenvalue weighted by molar-refractivity contribution is -0.114. The van der Waals surface area contributed by atoms with E-state index in [0.29, 0.717) is 0 Å². The van der Waals surface area contributed by atoms with Gasteiger partial charge in [0.25, 0.3) is 0 Å². The number of hydrogen-bond donors (Lipinski definition) is 2. The third kappa shape index (κ3) is 4.77. The first-order valence-corrected chi connectivity index (χ1v) is 7.09. The molecule has 0 fully saturated rings. The number of para-hydroxylation sites is 1. The molecule has 0 saturated carbocycles. The van der Waals surface area contributed by atoms with E-state index in [4.69, 9.17) is 4.74 Å². The summed E-state index contributed by atoms with van der Waals surface area (Å²) in [7, 11) is 0. The van der Waals surface area contributed by atoms with E-state index < -0.39 is 5.82 Å². The second kappa shape index (κ2) is 7.45. The van der Waals surface area contributed by atoms with Crippen LogP contribution in [0.15, 0.2) is 48.5 Å². The maximum Gasteiger partial charge on any atom is 0.243 e. The Morgan fingerprint density at radius 2 is 1.82 bits per heavy atom. The molecule has 4 nitrogen and oxygen atoms in total. The van der Waals surface area contributed by atoms with E-state index in [-0.39, 0.29) is 24.2 Å². The van der Waals surface area contributed by atoms with Crippen LogP contribution in [0.1, 0.15) is 13.8 Å². The minimum absolute atomic E-state index is 0.0543. The van der Waals surface area contributed by atoms with E-state index in [1.165, 1.54) is 12.1 Å². The summed E-state index contributed by atoms with van der Waals surface area (Å²) in [6.45, 7) is 3.97. The van der Waals surface area contributed by atoms with E-state index in [1.807, 2.05) is 38.1 Å². The van der Waals surface area contributed by atoms with Gasteiger partial charge in [-0.25, -0.2) is 4.39 Å². The predicted molar refractivity (Wildman–Crippen MR) is 85.7 cm³/mol. The second-order valence-electron chi connectivity index (χ2n) is 5.07. The maximum atomic E-state index is 13.4. The van der Waals surface area contributed by atoms with Crippen LogP contribution in [-0.4, -0.2) is 18.6 Å². The summed E-state index contributed by atoms with van der Waals surface area (Å²) in [4.78, 5) is 11.8. The van der Waals surface area contributed by atoms with Crippen molar-refractivity contribution in [3.05, 3.63) is 54.3 Å². The molecule has 0 bridgehead atoms. The van der Waals surface area contributed by atoms with Crippen LogP contribution >= 0.6 is 0 Å². The second-order valence-corrected chi connectivity index (χ2v) is 5.07. The molecule has 0 saturated heterocycles. The maximum absolute atomic E-state index is 13.4. The lowest BCUT2D eigenvalue weighted by Crippen LogP contribution is -2.22. The van der Waals surface area contributed by atoms with Gasteiger partial charge in [0.05, 0.1) is 18.3 Å². The van der Waals surface area contributed by atoms with Gasteiger partial charge in [0.2, 0.25) is 5.91 Å². The van der Waals surface area contributed by atoms with Crippen LogP contribution in [0.5, 0.6) is 5.75 Å². The zero-order chi connectivity index (χ0) is 15.9. The van der Waals surface area contributed by atoms with Gasteiger partial charge in [0.1, 0.15) is 11.6 Å². The fourth-order valence-electron chi connectivity index (χ4n) is 1.86. The topological polar surface area (TPSA) is 50.4 Å². The molecule has 0 heterocycles. The number of ether oxygens (including phenoxy) is 1. The summed E-state index contributed by atoms with van der Waals surface area (Å²) < 4.78 is 19.0. The van der Waals surface area contributed by atoms with Gasteiger partial charge in [-0.3, -0.25) is 4.79 Å². The van der Waals surface area contributed by atoms with E-state index in [0.717, 1.165) is 11.4 Å². The Labute approximate surface area is 129 Å². The van der Waals surface area contributed by atoms with Gasteiger partial charge in [-0.1, -0.05) is 12.1 Å². The zero-order valence-electron chi connectivity index (χ0n) is 12.6. The Morgan fingerprint density at radius 3 is 2.45 bits per heavy atom. The van der Waals surface area contributed by atoms with Crippen LogP contribution < -0.4 is 15.4 Å². The number of hydrogen-bond acceptors (Lipinski definition) is 3. The van der Waals surface area contributed by atoms with E-state index >= 15 is 0 Å². The fraction of sp³-hybridized carbons (Fsp3) is 0.235. The van der Waals surface area contributed by atoms with Crippen molar-refractivity contribution in [3.8, 4) is 5.75 Å². The monoisotopic (exact) mass is 302 g/mol. The number of nitrogens with one attached hydrogen (secondary N) is 2. The number of carbonyl (C=O) groups excluding carboxylic acids is 1. The van der Waals surface area contributed by atoms with Crippen molar-refractivity contribution >= 4 is 17.3 Å². The van der Waals surface area contributed by atoms with Crippen molar-refractivity contribution in [1.29, 1.82) is 0 Å². The van der Waals surface area contributed by atoms with Crippen molar-refractivity contribution in [2.45, 2.75) is 20.0 Å². The minimum atomic E-state index is -0.453. The van der Waals surface area contributed by atoms with Crippen LogP contribution in [0, 0.1) is 5.82 Å². The molecule has 2 rings (SSSR count). The average molecular weight is 302 g/mol. The van der Waals surface area contributed by atoms with Crippen molar-refractivity contribution in [3.63, 3.8) is 0 Å². The Hall–Kier alpha value is -2.56. The largest absolute Gasteiger partial charge is 0.491 e. The molecule has 2 aromatic rings. The van der Waals surface area contributed by atoms with Crippen LogP contribution in [0.25, 0.3) is 0 Å². The summed E-state index contributed by atoms with van der Waals surface area (Å²) in [5, 5.41) is 5.49. The number of carbonyl (C=O) groups is 1. The molecule has 2 aromatic carbocycles. The molecule has 0 unspecified atom stereocenters. The highest BCUT2D eigenvalue weighted by Crippen LogP contribution is 2.17. The summed E-state index contributed by atoms with van der Waals surface area (Å²) in [6, 6.07) is 13.4. The first-order valence-electron chi connectivity index (χ1n) is 7.09. The number of benzene rings is 2. The van der Waals surface area contributed by atoms with Crippen LogP contribution in [0.4, 0.5) is 15.8 Å². The van der Waals surface area contributed by atoms with Gasteiger partial charge in [0.15, 0.2) is 0 Å². The van der Waals surface area contributed by atoms with Crippen LogP contribution in [0.3, 0.4) is 0 Å². The van der Waals surface area contributed by atoms with Crippen LogP contribution in [-0.2, 0) is 4.79 Å². The minimum Gasteiger partial charge on any atom is -0.491 e. The summed E-state index contributed by atoms with van der Waals surface area (Å²) in [5.74, 6) is 0.00926. The Morgan fingerprint density at radius 1 is 1.14 bits per heavy atom. The molecular formula is C17H19FN2O2. The van der Waals surface area contributed by atoms with Gasteiger partial charge >= 0.3 is 0 Å². The third-order valence-electron chi connectivity index (χ3n) is 2.83. The number of halogens is 1. The number of amides is 1. The van der Waals surface area contributed by atoms with Crippen molar-refractivity contribution in [2.24, 2.45) is 0 Å². The van der Waals surface area contributed by atoms with Gasteiger partial charge in [-0.2, -0.15) is 0 Å². The molecule has 116 valence electrons. The van der Waals surface area contributed by atoms with Gasteiger partial charge in [-0.15, -0.1) is 0 Å². The smallest absolute Gasteiger partial charge is 0.243 e. The summed E-state index contributed by atoms with van der Waals surface area (Å²) in [5.41, 5.74) is 0.967. The first kappa shape index (κ1) is 15.8. The molecule has 0 spiro atoms. The molecule has 0 aromatic heterocycles. The summed E-state index contributed by atoms with van der Waals surface area (Å²) in [6.07, 6.45) is 0.116. The van der Waals surface area contributed by atoms with E-state index in [1.54, 1.807) is 12.1 Å². The molecule has 0 radical (unpaired) electrons. The molecule has 0 aliphatic heterocycles. The SMILES string of the molecule is CC(C)Oc1ccc(NCC(=O)Nc2ccccc2F)cc1. The zero-order valence-corrected chi connectivity index (χ0v) is 12.6. The Kier molecular flexibility index (Phi) is 5.36. The van der Waals surface area contributed by atoms with Crippen molar-refractivity contribution < 1.29 is 13.9 Å². The lowest BCUT2D eigenvalue weighted by Gasteiger charge is -2.11. The molecule has 0 atom stereocenters. The van der Waals surface area contributed by atoms with Crippen molar-refractivity contribution in [1.82, 2.24) is 0 Å². The molecule has 1 amide bonds. The molecule has 2 N–H and O–H groups in total. The number of anilines is 2. The fourth-order valence-corrected chi connectivity index (χ4v) is 1.86. The highest BCUT2D eigenvalue weighted by atomic mass is 19.1. The normalized spacial score (nSPS) is 10.4. The first-order chi connectivity index (χ1) is 10.5. The van der Waals surface area contributed by atoms with Crippen LogP contribution in [0.2, 0.25) is 0 Å². The Bertz CT molecular complexity index is 627. The standard InChI is InChI=1S/C17H19FN2O2/c1-12(2)22-14-9-7-13(8-10-14)19-11-17(21)20-16-6-4-3-5-15(16)18/h3-10,12,19H,11H2,1-2H3,(H,20,21). The predicted octanol–water partition coefficient (Wildman–Crippen LogP) is 3.66. The van der Waals surface area contributed by atoms with E-state index in [2.05, 4.69) is 10.6 Å². The van der Waals surface area contributed by atoms with Gasteiger partial charge < -0.3 is 15.4 Å². The quantitative estimate of drug-likeness (QED) is 0.856. The average Bonchev–Trinajstić information content (AvgIpc) is 2.48. The summed E-state index contributed by atoms with van der Waals surface area (Å²) >= 11 is 0. The molecule has 0 aliphatic carbocycles. The third-order valence-corrected chi connectivity index (χ3v) is 2.83. The van der Waals surface area contributed by atoms with E-state index in [9.17, 15) is 9.18 Å². The van der Waals surface area contributed by atoms with Gasteiger partial charge in [-0.05, 0) is 50.2 Å².